The van der Waals surface area contributed by atoms with E-state index >= 15 is 0 Å². The Labute approximate surface area is 591 Å². The zero-order valence-electron chi connectivity index (χ0n) is 56.8. The van der Waals surface area contributed by atoms with Crippen LogP contribution in [0.5, 0.6) is 0 Å². The van der Waals surface area contributed by atoms with E-state index in [2.05, 4.69) is 30.3 Å². The van der Waals surface area contributed by atoms with E-state index in [1.54, 1.807) is 0 Å². The van der Waals surface area contributed by atoms with Crippen LogP contribution in [-0.2, 0) is 124 Å². The molecule has 0 radical (unpaired) electrons. The Bertz CT molecular complexity index is 4020. The molecule has 0 saturated carbocycles. The lowest BCUT2D eigenvalue weighted by atomic mass is 9.93. The second-order valence-electron chi connectivity index (χ2n) is 26.1. The first-order valence-electron chi connectivity index (χ1n) is 35.2. The summed E-state index contributed by atoms with van der Waals surface area (Å²) in [5, 5.41) is 2.21. The Morgan fingerprint density at radius 3 is 1.15 bits per heavy atom. The molecule has 4 heterocycles. The van der Waals surface area contributed by atoms with Crippen molar-refractivity contribution >= 4 is 10.8 Å². The number of ether oxygens (including phenoxy) is 15. The molecule has 4 aliphatic heterocycles. The monoisotopic (exact) mass is 1360 g/mol. The summed E-state index contributed by atoms with van der Waals surface area (Å²) in [6.45, 7) is 4.20. The highest BCUT2D eigenvalue weighted by Gasteiger charge is 2.58. The summed E-state index contributed by atoms with van der Waals surface area (Å²) in [6.07, 6.45) is -14.2. The molecule has 4 aliphatic rings. The van der Waals surface area contributed by atoms with E-state index in [-0.39, 0.29) is 59.5 Å². The van der Waals surface area contributed by atoms with Gasteiger partial charge in [0.25, 0.3) is 0 Å². The fraction of sp³-hybridized carbons (Fsp3) is 0.326. The van der Waals surface area contributed by atoms with E-state index in [9.17, 15) is 0 Å². The molecule has 16 atom stereocenters. The van der Waals surface area contributed by atoms with Gasteiger partial charge in [-0.05, 0) is 68.3 Å². The third-order valence-electron chi connectivity index (χ3n) is 18.9. The molecule has 4 saturated heterocycles. The summed E-state index contributed by atoms with van der Waals surface area (Å²) in [5.74, 6) is 0. The summed E-state index contributed by atoms with van der Waals surface area (Å²) < 4.78 is 109. The maximum atomic E-state index is 7.87. The van der Waals surface area contributed by atoms with Gasteiger partial charge in [-0.15, -0.1) is 0 Å². The van der Waals surface area contributed by atoms with Crippen LogP contribution < -0.4 is 0 Å². The smallest absolute Gasteiger partial charge is 0.187 e. The van der Waals surface area contributed by atoms with Crippen LogP contribution in [0.25, 0.3) is 10.8 Å². The molecule has 0 spiro atoms. The lowest BCUT2D eigenvalue weighted by Gasteiger charge is -2.52. The second kappa shape index (κ2) is 35.6. The van der Waals surface area contributed by atoms with Crippen LogP contribution in [0, 0.1) is 0 Å². The topological polar surface area (TPSA) is 138 Å². The molecule has 101 heavy (non-hydrogen) atoms. The summed E-state index contributed by atoms with van der Waals surface area (Å²) in [7, 11) is 0. The third kappa shape index (κ3) is 18.8. The molecule has 522 valence electrons. The van der Waals surface area contributed by atoms with E-state index in [4.69, 9.17) is 71.1 Å². The maximum Gasteiger partial charge on any atom is 0.187 e. The minimum Gasteiger partial charge on any atom is -0.374 e. The molecular weight excluding hydrogens is 1270 g/mol. The molecule has 15 nitrogen and oxygen atoms in total. The normalized spacial score (nSPS) is 26.6. The van der Waals surface area contributed by atoms with Crippen molar-refractivity contribution in [1.82, 2.24) is 0 Å². The highest BCUT2D eigenvalue weighted by molar-refractivity contribution is 5.83. The molecule has 0 aromatic heterocycles. The number of hydrogen-bond donors (Lipinski definition) is 0. The van der Waals surface area contributed by atoms with E-state index in [1.165, 1.54) is 0 Å². The van der Waals surface area contributed by atoms with Crippen LogP contribution in [0.1, 0.15) is 63.3 Å². The van der Waals surface area contributed by atoms with Crippen molar-refractivity contribution in [3.05, 3.63) is 335 Å². The lowest BCUT2D eigenvalue weighted by Crippen LogP contribution is -2.68. The number of fused-ring (bicyclic) bond motifs is 2. The Morgan fingerprint density at radius 1 is 0.297 bits per heavy atom. The largest absolute Gasteiger partial charge is 0.374 e. The standard InChI is InChI=1S/C86H88O15/c1-60-75(79(91-53-65-36-18-6-19-37-65)76(89-51-63-32-14-4-15-33-63)72(96-60)57-87-49-61-28-10-2-11-29-61)99-86-83(80(92-54-66-38-20-7-21-39-66)77(90-52-64-34-16-5-17-35-64)73(97-86)58-88-50-62-30-12-3-13-31-62)101-85-82(94-55-67-40-22-8-23-41-67)81(93-56-68-46-47-69-42-26-27-45-71(69)48-68)78-74(98-85)59-95-84(100-78)70-43-24-9-25-44-70/h2-48,60,72-86H,49-59H2,1H3. The maximum absolute atomic E-state index is 7.87. The van der Waals surface area contributed by atoms with Crippen molar-refractivity contribution in [1.29, 1.82) is 0 Å². The highest BCUT2D eigenvalue weighted by atomic mass is 16.8. The van der Waals surface area contributed by atoms with Gasteiger partial charge in [-0.25, -0.2) is 0 Å². The first-order valence-corrected chi connectivity index (χ1v) is 35.2. The average molecular weight is 1360 g/mol. The van der Waals surface area contributed by atoms with Crippen molar-refractivity contribution in [3.63, 3.8) is 0 Å². The molecule has 16 unspecified atom stereocenters. The van der Waals surface area contributed by atoms with Gasteiger partial charge in [0.2, 0.25) is 0 Å². The molecule has 15 heteroatoms. The Balaban J connectivity index is 0.880. The van der Waals surface area contributed by atoms with Gasteiger partial charge in [-0.2, -0.15) is 0 Å². The van der Waals surface area contributed by atoms with Gasteiger partial charge >= 0.3 is 0 Å². The predicted octanol–water partition coefficient (Wildman–Crippen LogP) is 15.2. The minimum absolute atomic E-state index is 0.0643. The van der Waals surface area contributed by atoms with Crippen molar-refractivity contribution in [2.24, 2.45) is 0 Å². The molecule has 0 N–H and O–H groups in total. The van der Waals surface area contributed by atoms with Crippen molar-refractivity contribution in [2.45, 2.75) is 158 Å². The van der Waals surface area contributed by atoms with Crippen LogP contribution in [-0.4, -0.2) is 112 Å². The first kappa shape index (κ1) is 69.9. The molecule has 10 aromatic rings. The van der Waals surface area contributed by atoms with Crippen LogP contribution >= 0.6 is 0 Å². The third-order valence-corrected chi connectivity index (χ3v) is 18.9. The molecule has 0 bridgehead atoms. The average Bonchev–Trinajstić information content (AvgIpc) is 0.755. The van der Waals surface area contributed by atoms with E-state index in [0.717, 1.165) is 60.8 Å². The van der Waals surface area contributed by atoms with E-state index in [0.29, 0.717) is 13.2 Å². The van der Waals surface area contributed by atoms with Crippen molar-refractivity contribution < 1.29 is 71.1 Å². The molecular formula is C86H88O15. The van der Waals surface area contributed by atoms with Crippen molar-refractivity contribution in [2.75, 3.05) is 19.8 Å². The molecule has 10 aromatic carbocycles. The first-order chi connectivity index (χ1) is 50.0. The van der Waals surface area contributed by atoms with Gasteiger partial charge < -0.3 is 71.1 Å². The Hall–Kier alpha value is -8.14. The fourth-order valence-electron chi connectivity index (χ4n) is 13.7. The number of rotatable bonds is 31. The molecule has 4 fully saturated rings. The SMILES string of the molecule is CC1OC(COCc2ccccc2)C(OCc2ccccc2)C(OCc2ccccc2)C1OC1OC(COCc2ccccc2)C(OCc2ccccc2)C(OCc2ccccc2)C1OC1OC2COC(c3ccccc3)OC2C(OCc2ccc3ccccc3c2)C1OCc1ccccc1. The summed E-state index contributed by atoms with van der Waals surface area (Å²) in [4.78, 5) is 0. The van der Waals surface area contributed by atoms with Gasteiger partial charge in [-0.3, -0.25) is 0 Å². The molecule has 0 aliphatic carbocycles. The quantitative estimate of drug-likeness (QED) is 0.0407. The van der Waals surface area contributed by atoms with Crippen molar-refractivity contribution in [3.8, 4) is 0 Å². The van der Waals surface area contributed by atoms with E-state index < -0.39 is 98.2 Å². The second-order valence-corrected chi connectivity index (χ2v) is 26.1. The number of benzene rings is 10. The van der Waals surface area contributed by atoms with Crippen LogP contribution in [0.4, 0.5) is 0 Å². The van der Waals surface area contributed by atoms with Gasteiger partial charge in [-0.1, -0.05) is 279 Å². The van der Waals surface area contributed by atoms with Gasteiger partial charge in [0.1, 0.15) is 73.2 Å². The fourth-order valence-corrected chi connectivity index (χ4v) is 13.7. The van der Waals surface area contributed by atoms with Gasteiger partial charge in [0.15, 0.2) is 18.9 Å². The lowest BCUT2D eigenvalue weighted by molar-refractivity contribution is -0.409. The van der Waals surface area contributed by atoms with Crippen LogP contribution in [0.3, 0.4) is 0 Å². The summed E-state index contributed by atoms with van der Waals surface area (Å²) >= 11 is 0. The number of hydrogen-bond acceptors (Lipinski definition) is 15. The van der Waals surface area contributed by atoms with Gasteiger partial charge in [0.05, 0.1) is 78.8 Å². The predicted molar refractivity (Wildman–Crippen MR) is 381 cm³/mol. The van der Waals surface area contributed by atoms with Crippen LogP contribution in [0.2, 0.25) is 0 Å². The zero-order valence-corrected chi connectivity index (χ0v) is 56.8. The van der Waals surface area contributed by atoms with Crippen LogP contribution in [0.15, 0.2) is 285 Å². The minimum atomic E-state index is -1.30. The Kier molecular flexibility index (Phi) is 24.7. The van der Waals surface area contributed by atoms with Gasteiger partial charge in [0, 0.05) is 5.56 Å². The zero-order chi connectivity index (χ0) is 68.2. The van der Waals surface area contributed by atoms with E-state index in [1.807, 2.05) is 262 Å². The Morgan fingerprint density at radius 2 is 0.663 bits per heavy atom. The summed E-state index contributed by atoms with van der Waals surface area (Å²) in [5.41, 5.74) is 8.55. The molecule has 14 rings (SSSR count). The molecule has 0 amide bonds. The highest BCUT2D eigenvalue weighted by Crippen LogP contribution is 2.42. The summed E-state index contributed by atoms with van der Waals surface area (Å²) in [6, 6.07) is 95.1.